The van der Waals surface area contributed by atoms with Crippen LogP contribution in [0.3, 0.4) is 0 Å². The molecule has 2 aliphatic carbocycles. The van der Waals surface area contributed by atoms with Gasteiger partial charge in [0.25, 0.3) is 0 Å². The number of aliphatic hydroxyl groups is 1. The SMILES string of the molecule is N=C(/C(I)=C\N[C@H]1C[C@H](CO)C1)C1CC1. The van der Waals surface area contributed by atoms with Crippen molar-refractivity contribution in [2.24, 2.45) is 11.8 Å². The summed E-state index contributed by atoms with van der Waals surface area (Å²) < 4.78 is 1.04. The van der Waals surface area contributed by atoms with Crippen molar-refractivity contribution in [1.82, 2.24) is 5.32 Å². The molecule has 0 heterocycles. The van der Waals surface area contributed by atoms with E-state index in [1.807, 2.05) is 6.20 Å². The van der Waals surface area contributed by atoms with E-state index in [1.54, 1.807) is 0 Å². The molecule has 0 aromatic carbocycles. The molecule has 3 nitrogen and oxygen atoms in total. The minimum absolute atomic E-state index is 0.316. The summed E-state index contributed by atoms with van der Waals surface area (Å²) in [6.45, 7) is 0.316. The normalized spacial score (nSPS) is 30.9. The molecule has 2 saturated carbocycles. The van der Waals surface area contributed by atoms with Gasteiger partial charge < -0.3 is 15.8 Å². The van der Waals surface area contributed by atoms with Crippen molar-refractivity contribution in [2.75, 3.05) is 6.61 Å². The van der Waals surface area contributed by atoms with E-state index < -0.39 is 0 Å². The number of aliphatic hydroxyl groups excluding tert-OH is 1. The molecule has 0 amide bonds. The van der Waals surface area contributed by atoms with Crippen LogP contribution in [0.2, 0.25) is 0 Å². The van der Waals surface area contributed by atoms with Crippen LogP contribution in [0.1, 0.15) is 25.7 Å². The second kappa shape index (κ2) is 4.82. The lowest BCUT2D eigenvalue weighted by Crippen LogP contribution is -2.40. The third-order valence-electron chi connectivity index (χ3n) is 3.18. The quantitative estimate of drug-likeness (QED) is 0.536. The Morgan fingerprint density at radius 1 is 1.47 bits per heavy atom. The second-order valence-corrected chi connectivity index (χ2v) is 5.73. The Morgan fingerprint density at radius 2 is 2.13 bits per heavy atom. The maximum absolute atomic E-state index is 8.87. The Bertz CT molecular complexity index is 280. The predicted molar refractivity (Wildman–Crippen MR) is 69.3 cm³/mol. The Hall–Kier alpha value is -0.100. The number of rotatable bonds is 5. The highest BCUT2D eigenvalue weighted by atomic mass is 127. The summed E-state index contributed by atoms with van der Waals surface area (Å²) >= 11 is 2.24. The molecule has 0 unspecified atom stereocenters. The zero-order valence-electron chi connectivity index (χ0n) is 8.67. The van der Waals surface area contributed by atoms with E-state index in [0.717, 1.165) is 22.1 Å². The van der Waals surface area contributed by atoms with E-state index in [1.165, 1.54) is 12.8 Å². The summed E-state index contributed by atoms with van der Waals surface area (Å²) in [5.41, 5.74) is 0.793. The highest BCUT2D eigenvalue weighted by molar-refractivity contribution is 14.1. The van der Waals surface area contributed by atoms with Gasteiger partial charge in [-0.15, -0.1) is 0 Å². The highest BCUT2D eigenvalue weighted by Crippen LogP contribution is 2.34. The minimum atomic E-state index is 0.316. The molecule has 3 N–H and O–H groups in total. The molecule has 0 aliphatic heterocycles. The van der Waals surface area contributed by atoms with Gasteiger partial charge in [-0.3, -0.25) is 0 Å². The van der Waals surface area contributed by atoms with Crippen LogP contribution < -0.4 is 5.32 Å². The third-order valence-corrected chi connectivity index (χ3v) is 4.08. The molecule has 0 atom stereocenters. The monoisotopic (exact) mass is 320 g/mol. The van der Waals surface area contributed by atoms with Crippen LogP contribution in [-0.2, 0) is 0 Å². The first-order chi connectivity index (χ1) is 7.20. The Labute approximate surface area is 104 Å². The first-order valence-electron chi connectivity index (χ1n) is 5.52. The zero-order chi connectivity index (χ0) is 10.8. The van der Waals surface area contributed by atoms with E-state index in [4.69, 9.17) is 10.5 Å². The molecule has 0 spiro atoms. The van der Waals surface area contributed by atoms with Crippen LogP contribution in [0.25, 0.3) is 0 Å². The largest absolute Gasteiger partial charge is 0.396 e. The molecule has 84 valence electrons. The van der Waals surface area contributed by atoms with Gasteiger partial charge in [0.2, 0.25) is 0 Å². The summed E-state index contributed by atoms with van der Waals surface area (Å²) in [6, 6.07) is 0.513. The summed E-state index contributed by atoms with van der Waals surface area (Å²) in [7, 11) is 0. The molecule has 0 aromatic rings. The van der Waals surface area contributed by atoms with Crippen LogP contribution in [0.5, 0.6) is 0 Å². The van der Waals surface area contributed by atoms with Gasteiger partial charge in [-0.25, -0.2) is 0 Å². The highest BCUT2D eigenvalue weighted by Gasteiger charge is 2.29. The van der Waals surface area contributed by atoms with Crippen LogP contribution in [0, 0.1) is 17.2 Å². The summed E-state index contributed by atoms with van der Waals surface area (Å²) in [6.07, 6.45) is 6.48. The smallest absolute Gasteiger partial charge is 0.0497 e. The van der Waals surface area contributed by atoms with Crippen LogP contribution in [0.15, 0.2) is 9.78 Å². The van der Waals surface area contributed by atoms with Crippen LogP contribution in [0.4, 0.5) is 0 Å². The summed E-state index contributed by atoms with van der Waals surface area (Å²) in [5.74, 6) is 1.03. The van der Waals surface area contributed by atoms with Crippen LogP contribution in [-0.4, -0.2) is 23.5 Å². The Balaban J connectivity index is 1.71. The average molecular weight is 320 g/mol. The van der Waals surface area contributed by atoms with E-state index in [9.17, 15) is 0 Å². The third kappa shape index (κ3) is 2.93. The Morgan fingerprint density at radius 3 is 2.67 bits per heavy atom. The molecular weight excluding hydrogens is 303 g/mol. The lowest BCUT2D eigenvalue weighted by atomic mass is 9.81. The van der Waals surface area contributed by atoms with Crippen molar-refractivity contribution in [3.8, 4) is 0 Å². The van der Waals surface area contributed by atoms with E-state index in [2.05, 4.69) is 27.9 Å². The standard InChI is InChI=1S/C11H17IN2O/c12-10(11(13)8-1-2-8)5-14-9-3-7(4-9)6-15/h5,7-9,13-15H,1-4,6H2/b10-5+,13-11?/t7-,9-. The van der Waals surface area contributed by atoms with Gasteiger partial charge in [0.15, 0.2) is 0 Å². The van der Waals surface area contributed by atoms with E-state index in [0.29, 0.717) is 24.5 Å². The van der Waals surface area contributed by atoms with Crippen molar-refractivity contribution in [1.29, 1.82) is 5.41 Å². The number of hydrogen-bond acceptors (Lipinski definition) is 3. The molecule has 2 aliphatic rings. The van der Waals surface area contributed by atoms with E-state index >= 15 is 0 Å². The van der Waals surface area contributed by atoms with Gasteiger partial charge in [-0.1, -0.05) is 0 Å². The lowest BCUT2D eigenvalue weighted by Gasteiger charge is -2.34. The molecule has 0 aromatic heterocycles. The number of hydrogen-bond donors (Lipinski definition) is 3. The van der Waals surface area contributed by atoms with Crippen LogP contribution >= 0.6 is 22.6 Å². The summed E-state index contributed by atoms with van der Waals surface area (Å²) in [5, 5.41) is 20.0. The molecule has 2 rings (SSSR count). The fourth-order valence-corrected chi connectivity index (χ4v) is 2.48. The minimum Gasteiger partial charge on any atom is -0.396 e. The fourth-order valence-electron chi connectivity index (χ4n) is 1.86. The zero-order valence-corrected chi connectivity index (χ0v) is 10.8. The van der Waals surface area contributed by atoms with Crippen molar-refractivity contribution in [3.63, 3.8) is 0 Å². The van der Waals surface area contributed by atoms with E-state index in [-0.39, 0.29) is 0 Å². The van der Waals surface area contributed by atoms with Gasteiger partial charge in [0.05, 0.1) is 0 Å². The summed E-state index contributed by atoms with van der Waals surface area (Å²) in [4.78, 5) is 0. The fraction of sp³-hybridized carbons (Fsp3) is 0.727. The van der Waals surface area contributed by atoms with Gasteiger partial charge in [0, 0.05) is 34.1 Å². The molecule has 0 bridgehead atoms. The van der Waals surface area contributed by atoms with Crippen molar-refractivity contribution in [2.45, 2.75) is 31.7 Å². The second-order valence-electron chi connectivity index (χ2n) is 4.56. The maximum atomic E-state index is 8.87. The number of halogens is 1. The molecule has 0 saturated heterocycles. The molecule has 4 heteroatoms. The average Bonchev–Trinajstić information content (AvgIpc) is 2.97. The van der Waals surface area contributed by atoms with Crippen molar-refractivity contribution >= 4 is 28.3 Å². The molecule has 15 heavy (non-hydrogen) atoms. The number of nitrogens with one attached hydrogen (secondary N) is 2. The van der Waals surface area contributed by atoms with Gasteiger partial charge in [0.1, 0.15) is 0 Å². The number of allylic oxidation sites excluding steroid dienone is 1. The molecular formula is C11H17IN2O. The molecule has 2 fully saturated rings. The van der Waals surface area contributed by atoms with Gasteiger partial charge >= 0.3 is 0 Å². The van der Waals surface area contributed by atoms with Crippen molar-refractivity contribution in [3.05, 3.63) is 9.78 Å². The first kappa shape index (κ1) is 11.4. The Kier molecular flexibility index (Phi) is 3.66. The van der Waals surface area contributed by atoms with Crippen molar-refractivity contribution < 1.29 is 5.11 Å². The van der Waals surface area contributed by atoms with Gasteiger partial charge in [-0.05, 0) is 54.2 Å². The topological polar surface area (TPSA) is 56.1 Å². The molecule has 0 radical (unpaired) electrons. The van der Waals surface area contributed by atoms with Gasteiger partial charge in [-0.2, -0.15) is 0 Å². The predicted octanol–water partition coefficient (Wildman–Crippen LogP) is 2.05. The first-order valence-corrected chi connectivity index (χ1v) is 6.60. The lowest BCUT2D eigenvalue weighted by molar-refractivity contribution is 0.133. The maximum Gasteiger partial charge on any atom is 0.0497 e.